The zero-order valence-corrected chi connectivity index (χ0v) is 27.1. The molecule has 1 aliphatic rings. The first-order chi connectivity index (χ1) is 22.3. The van der Waals surface area contributed by atoms with Crippen LogP contribution in [0.5, 0.6) is 5.75 Å². The molecule has 2 aromatic carbocycles. The molecule has 1 saturated heterocycles. The van der Waals surface area contributed by atoms with E-state index in [0.29, 0.717) is 47.7 Å². The quantitative estimate of drug-likeness (QED) is 0.161. The molecule has 15 heteroatoms. The fourth-order valence-electron chi connectivity index (χ4n) is 5.41. The second-order valence-corrected chi connectivity index (χ2v) is 13.5. The first-order valence-corrected chi connectivity index (χ1v) is 17.0. The van der Waals surface area contributed by atoms with Crippen molar-refractivity contribution in [3.63, 3.8) is 0 Å². The Kier molecular flexibility index (Phi) is 12.4. The molecule has 1 aromatic heterocycles. The van der Waals surface area contributed by atoms with E-state index in [4.69, 9.17) is 14.6 Å². The van der Waals surface area contributed by atoms with Gasteiger partial charge in [-0.15, -0.1) is 0 Å². The van der Waals surface area contributed by atoms with Gasteiger partial charge in [0.25, 0.3) is 0 Å². The number of fused-ring (bicyclic) bond motifs is 1. The van der Waals surface area contributed by atoms with Crippen LogP contribution < -0.4 is 15.4 Å². The summed E-state index contributed by atoms with van der Waals surface area (Å²) in [6.07, 6.45) is -3.60. The Morgan fingerprint density at radius 1 is 1.06 bits per heavy atom. The van der Waals surface area contributed by atoms with Gasteiger partial charge in [-0.3, -0.25) is 0 Å². The molecule has 47 heavy (non-hydrogen) atoms. The van der Waals surface area contributed by atoms with E-state index in [2.05, 4.69) is 27.4 Å². The van der Waals surface area contributed by atoms with E-state index in [1.54, 1.807) is 24.3 Å². The summed E-state index contributed by atoms with van der Waals surface area (Å²) in [4.78, 5) is 2.20. The van der Waals surface area contributed by atoms with Gasteiger partial charge in [-0.25, -0.2) is 8.42 Å². The molecular formula is C32H41F3N4O7S. The third-order valence-electron chi connectivity index (χ3n) is 7.72. The summed E-state index contributed by atoms with van der Waals surface area (Å²) in [7, 11) is -2.03. The van der Waals surface area contributed by atoms with Crippen LogP contribution in [0.1, 0.15) is 18.5 Å². The molecule has 0 bridgehead atoms. The standard InChI is InChI=1S/C32H41F3N4O7S/c1-45-31-16-26(47(2,43)44)8-9-29(31)36-12-4-5-23-15-27-28(6-3-7-30(27)39(23)21-32(33,34)35)37-22-10-13-38(14-11-22)17-24(41)19-46-20-25(42)18-40/h3,6-9,15-16,22,24-25,36-37,40-42H,10-14,17-21H2,1-2H3. The van der Waals surface area contributed by atoms with Crippen molar-refractivity contribution in [2.24, 2.45) is 0 Å². The number of alkyl halides is 3. The largest absolute Gasteiger partial charge is 0.495 e. The topological polar surface area (TPSA) is 146 Å². The number of nitrogens with zero attached hydrogens (tertiary/aromatic N) is 2. The van der Waals surface area contributed by atoms with Crippen LogP contribution in [-0.4, -0.2) is 117 Å². The average molecular weight is 683 g/mol. The zero-order valence-electron chi connectivity index (χ0n) is 26.3. The Labute approximate surface area is 272 Å². The van der Waals surface area contributed by atoms with E-state index in [1.807, 2.05) is 6.07 Å². The second kappa shape index (κ2) is 16.1. The van der Waals surface area contributed by atoms with Crippen LogP contribution in [0.25, 0.3) is 10.9 Å². The Balaban J connectivity index is 1.43. The molecular weight excluding hydrogens is 641 g/mol. The van der Waals surface area contributed by atoms with Gasteiger partial charge in [0.1, 0.15) is 18.4 Å². The maximum atomic E-state index is 13.7. The number of aliphatic hydroxyl groups excluding tert-OH is 3. The molecule has 0 amide bonds. The highest BCUT2D eigenvalue weighted by atomic mass is 32.2. The monoisotopic (exact) mass is 682 g/mol. The number of hydrogen-bond acceptors (Lipinski definition) is 10. The van der Waals surface area contributed by atoms with Crippen LogP contribution in [0.3, 0.4) is 0 Å². The molecule has 2 atom stereocenters. The summed E-state index contributed by atoms with van der Waals surface area (Å²) < 4.78 is 76.4. The lowest BCUT2D eigenvalue weighted by atomic mass is 10.0. The number of benzene rings is 2. The predicted octanol–water partition coefficient (Wildman–Crippen LogP) is 2.69. The highest BCUT2D eigenvalue weighted by molar-refractivity contribution is 7.90. The maximum absolute atomic E-state index is 13.7. The summed E-state index contributed by atoms with van der Waals surface area (Å²) in [6, 6.07) is 11.3. The van der Waals surface area contributed by atoms with Gasteiger partial charge in [0.2, 0.25) is 0 Å². The third-order valence-corrected chi connectivity index (χ3v) is 8.83. The van der Waals surface area contributed by atoms with Gasteiger partial charge < -0.3 is 44.9 Å². The van der Waals surface area contributed by atoms with E-state index in [1.165, 1.54) is 19.2 Å². The molecule has 2 heterocycles. The van der Waals surface area contributed by atoms with Gasteiger partial charge in [0, 0.05) is 49.1 Å². The normalized spacial score (nSPS) is 16.0. The fourth-order valence-corrected chi connectivity index (χ4v) is 6.05. The van der Waals surface area contributed by atoms with E-state index in [-0.39, 0.29) is 36.4 Å². The van der Waals surface area contributed by atoms with Crippen LogP contribution in [0.15, 0.2) is 47.4 Å². The van der Waals surface area contributed by atoms with Crippen molar-refractivity contribution >= 4 is 32.1 Å². The van der Waals surface area contributed by atoms with Crippen molar-refractivity contribution in [1.82, 2.24) is 9.47 Å². The van der Waals surface area contributed by atoms with E-state index in [9.17, 15) is 31.8 Å². The number of halogens is 3. The maximum Gasteiger partial charge on any atom is 0.406 e. The van der Waals surface area contributed by atoms with Crippen molar-refractivity contribution in [1.29, 1.82) is 0 Å². The lowest BCUT2D eigenvalue weighted by Crippen LogP contribution is -2.43. The second-order valence-electron chi connectivity index (χ2n) is 11.5. The molecule has 0 radical (unpaired) electrons. The summed E-state index contributed by atoms with van der Waals surface area (Å²) in [5, 5.41) is 35.6. The Hall–Kier alpha value is -3.52. The van der Waals surface area contributed by atoms with Gasteiger partial charge >= 0.3 is 6.18 Å². The van der Waals surface area contributed by atoms with Crippen molar-refractivity contribution in [2.75, 3.05) is 70.0 Å². The van der Waals surface area contributed by atoms with Crippen molar-refractivity contribution in [2.45, 2.75) is 48.7 Å². The van der Waals surface area contributed by atoms with E-state index in [0.717, 1.165) is 23.7 Å². The predicted molar refractivity (Wildman–Crippen MR) is 172 cm³/mol. The highest BCUT2D eigenvalue weighted by Gasteiger charge is 2.30. The van der Waals surface area contributed by atoms with Gasteiger partial charge in [0.05, 0.1) is 61.4 Å². The highest BCUT2D eigenvalue weighted by Crippen LogP contribution is 2.32. The molecule has 5 N–H and O–H groups in total. The Morgan fingerprint density at radius 3 is 2.45 bits per heavy atom. The number of aliphatic hydroxyl groups is 3. The number of piperidine rings is 1. The summed E-state index contributed by atoms with van der Waals surface area (Å²) >= 11 is 0. The lowest BCUT2D eigenvalue weighted by Gasteiger charge is -2.34. The van der Waals surface area contributed by atoms with Crippen LogP contribution in [0, 0.1) is 11.8 Å². The zero-order chi connectivity index (χ0) is 34.2. The molecule has 2 unspecified atom stereocenters. The number of rotatable bonds is 14. The van der Waals surface area contributed by atoms with E-state index < -0.39 is 41.4 Å². The van der Waals surface area contributed by atoms with Crippen molar-refractivity contribution < 1.29 is 46.4 Å². The van der Waals surface area contributed by atoms with Crippen LogP contribution >= 0.6 is 0 Å². The molecule has 0 spiro atoms. The number of anilines is 2. The number of nitrogens with one attached hydrogen (secondary N) is 2. The Morgan fingerprint density at radius 2 is 1.79 bits per heavy atom. The van der Waals surface area contributed by atoms with Gasteiger partial charge in [-0.2, -0.15) is 13.2 Å². The number of methoxy groups -OCH3 is 1. The van der Waals surface area contributed by atoms with Gasteiger partial charge in [-0.05, 0) is 49.1 Å². The minimum atomic E-state index is -4.47. The Bertz CT molecular complexity index is 1660. The van der Waals surface area contributed by atoms with Crippen LogP contribution in [0.4, 0.5) is 24.5 Å². The van der Waals surface area contributed by atoms with Gasteiger partial charge in [0.15, 0.2) is 9.84 Å². The van der Waals surface area contributed by atoms with Crippen molar-refractivity contribution in [3.05, 3.63) is 48.2 Å². The molecule has 4 rings (SSSR count). The number of β-amino-alcohol motifs (C(OH)–C–C–N with tert-alkyl or cyclic N) is 1. The van der Waals surface area contributed by atoms with Crippen molar-refractivity contribution in [3.8, 4) is 17.6 Å². The number of likely N-dealkylation sites (tertiary alicyclic amines) is 1. The first-order valence-electron chi connectivity index (χ1n) is 15.1. The molecule has 0 saturated carbocycles. The SMILES string of the molecule is COc1cc(S(C)(=O)=O)ccc1NCC#Cc1cc2c(NC3CCN(CC(O)COCC(O)CO)CC3)cccc2n1CC(F)(F)F. The molecule has 258 valence electrons. The number of aromatic nitrogens is 1. The molecule has 1 aliphatic heterocycles. The minimum absolute atomic E-state index is 0.0418. The minimum Gasteiger partial charge on any atom is -0.495 e. The van der Waals surface area contributed by atoms with Gasteiger partial charge in [-0.1, -0.05) is 12.0 Å². The van der Waals surface area contributed by atoms with Crippen LogP contribution in [-0.2, 0) is 21.1 Å². The smallest absolute Gasteiger partial charge is 0.406 e. The number of sulfone groups is 1. The molecule has 1 fully saturated rings. The molecule has 0 aliphatic carbocycles. The third kappa shape index (κ3) is 10.5. The number of ether oxygens (including phenoxy) is 2. The van der Waals surface area contributed by atoms with Crippen LogP contribution in [0.2, 0.25) is 0 Å². The fraction of sp³-hybridized carbons (Fsp3) is 0.500. The first kappa shape index (κ1) is 36.3. The average Bonchev–Trinajstić information content (AvgIpc) is 3.36. The molecule has 11 nitrogen and oxygen atoms in total. The summed E-state index contributed by atoms with van der Waals surface area (Å²) in [5.41, 5.74) is 1.79. The lowest BCUT2D eigenvalue weighted by molar-refractivity contribution is -0.140. The summed E-state index contributed by atoms with van der Waals surface area (Å²) in [5.74, 6) is 6.03. The number of hydrogen-bond donors (Lipinski definition) is 5. The van der Waals surface area contributed by atoms with E-state index >= 15 is 0 Å². The summed E-state index contributed by atoms with van der Waals surface area (Å²) in [6.45, 7) is 0.229. The molecule has 3 aromatic rings.